The average molecular weight is 418 g/mol. The van der Waals surface area contributed by atoms with Crippen molar-refractivity contribution in [3.8, 4) is 0 Å². The lowest BCUT2D eigenvalue weighted by Gasteiger charge is -2.07. The van der Waals surface area contributed by atoms with Gasteiger partial charge in [-0.25, -0.2) is 4.98 Å². The number of benzene rings is 2. The molecule has 2 heterocycles. The number of hydrogen-bond donors (Lipinski definition) is 1. The molecule has 1 N–H and O–H groups in total. The predicted molar refractivity (Wildman–Crippen MR) is 93.5 cm³/mol. The minimum atomic E-state index is -4.45. The number of nitrogens with zero attached hydrogens (tertiary/aromatic N) is 1. The molecule has 0 radical (unpaired) electrons. The van der Waals surface area contributed by atoms with E-state index in [0.29, 0.717) is 25.3 Å². The maximum Gasteiger partial charge on any atom is 0.416 e. The standard InChI is InChI=1S/C17H8F6N2S2/c18-16(19,20)8-1-3-12-10(5-8)24-14(26-12)7-15-25-11-6-9(17(21,22)23)2-4-13(11)27-15/h1-7,24H/b14-7-. The van der Waals surface area contributed by atoms with Crippen molar-refractivity contribution < 1.29 is 26.3 Å². The van der Waals surface area contributed by atoms with Gasteiger partial charge in [-0.1, -0.05) is 11.8 Å². The molecule has 140 valence electrons. The third-order valence-corrected chi connectivity index (χ3v) is 5.77. The van der Waals surface area contributed by atoms with Gasteiger partial charge in [-0.3, -0.25) is 0 Å². The number of thioether (sulfide) groups is 1. The van der Waals surface area contributed by atoms with Crippen molar-refractivity contribution in [2.45, 2.75) is 17.2 Å². The highest BCUT2D eigenvalue weighted by Crippen LogP contribution is 2.44. The summed E-state index contributed by atoms with van der Waals surface area (Å²) in [5, 5.41) is 3.90. The molecule has 0 atom stereocenters. The highest BCUT2D eigenvalue weighted by molar-refractivity contribution is 8.03. The second-order valence-electron chi connectivity index (χ2n) is 5.68. The quantitative estimate of drug-likeness (QED) is 0.438. The molecule has 2 nitrogen and oxygen atoms in total. The molecule has 1 aliphatic rings. The third kappa shape index (κ3) is 3.63. The zero-order valence-corrected chi connectivity index (χ0v) is 14.7. The van der Waals surface area contributed by atoms with E-state index in [4.69, 9.17) is 0 Å². The summed E-state index contributed by atoms with van der Waals surface area (Å²) >= 11 is 2.44. The lowest BCUT2D eigenvalue weighted by Crippen LogP contribution is -2.04. The van der Waals surface area contributed by atoms with Gasteiger partial charge in [-0.15, -0.1) is 11.3 Å². The maximum absolute atomic E-state index is 12.8. The summed E-state index contributed by atoms with van der Waals surface area (Å²) in [5.74, 6) is 0. The first-order chi connectivity index (χ1) is 12.6. The van der Waals surface area contributed by atoms with E-state index in [-0.39, 0.29) is 5.52 Å². The second kappa shape index (κ2) is 6.16. The Morgan fingerprint density at radius 2 is 1.56 bits per heavy atom. The van der Waals surface area contributed by atoms with Gasteiger partial charge < -0.3 is 5.32 Å². The van der Waals surface area contributed by atoms with Gasteiger partial charge in [0.15, 0.2) is 0 Å². The molecule has 10 heteroatoms. The Morgan fingerprint density at radius 3 is 2.26 bits per heavy atom. The van der Waals surface area contributed by atoms with Gasteiger partial charge in [0.2, 0.25) is 0 Å². The Kier molecular flexibility index (Phi) is 4.15. The molecule has 1 aromatic heterocycles. The fourth-order valence-electron chi connectivity index (χ4n) is 2.53. The first kappa shape index (κ1) is 18.2. The molecule has 1 aliphatic heterocycles. The van der Waals surface area contributed by atoms with E-state index in [1.54, 1.807) is 6.08 Å². The van der Waals surface area contributed by atoms with Crippen molar-refractivity contribution in [2.24, 2.45) is 0 Å². The molecular formula is C17H8F6N2S2. The van der Waals surface area contributed by atoms with E-state index < -0.39 is 23.5 Å². The van der Waals surface area contributed by atoms with Crippen molar-refractivity contribution >= 4 is 45.1 Å². The first-order valence-corrected chi connectivity index (χ1v) is 9.08. The van der Waals surface area contributed by atoms with Crippen LogP contribution in [-0.4, -0.2) is 4.98 Å². The van der Waals surface area contributed by atoms with Gasteiger partial charge in [-0.2, -0.15) is 26.3 Å². The minimum Gasteiger partial charge on any atom is -0.349 e. The molecular weight excluding hydrogens is 410 g/mol. The Bertz CT molecular complexity index is 1070. The topological polar surface area (TPSA) is 24.9 Å². The summed E-state index contributed by atoms with van der Waals surface area (Å²) in [5.41, 5.74) is -0.974. The van der Waals surface area contributed by atoms with Crippen LogP contribution in [0.1, 0.15) is 16.1 Å². The normalized spacial score (nSPS) is 16.0. The molecule has 2 aromatic carbocycles. The number of fused-ring (bicyclic) bond motifs is 2. The van der Waals surface area contributed by atoms with E-state index in [2.05, 4.69) is 10.3 Å². The Morgan fingerprint density at radius 1 is 0.889 bits per heavy atom. The maximum atomic E-state index is 12.8. The van der Waals surface area contributed by atoms with Crippen LogP contribution in [0.25, 0.3) is 16.3 Å². The van der Waals surface area contributed by atoms with Crippen LogP contribution >= 0.6 is 23.1 Å². The van der Waals surface area contributed by atoms with Gasteiger partial charge in [0, 0.05) is 11.0 Å². The highest BCUT2D eigenvalue weighted by atomic mass is 32.2. The molecule has 0 saturated heterocycles. The number of halogens is 6. The van der Waals surface area contributed by atoms with E-state index in [1.165, 1.54) is 35.2 Å². The lowest BCUT2D eigenvalue weighted by atomic mass is 10.2. The van der Waals surface area contributed by atoms with Crippen molar-refractivity contribution in [3.63, 3.8) is 0 Å². The third-order valence-electron chi connectivity index (χ3n) is 3.77. The zero-order chi connectivity index (χ0) is 19.4. The molecule has 0 bridgehead atoms. The molecule has 0 aliphatic carbocycles. The molecule has 3 aromatic rings. The lowest BCUT2D eigenvalue weighted by molar-refractivity contribution is -0.138. The molecule has 0 amide bonds. The molecule has 0 fully saturated rings. The minimum absolute atomic E-state index is 0.224. The van der Waals surface area contributed by atoms with E-state index >= 15 is 0 Å². The van der Waals surface area contributed by atoms with Crippen LogP contribution < -0.4 is 5.32 Å². The summed E-state index contributed by atoms with van der Waals surface area (Å²) in [4.78, 5) is 4.81. The van der Waals surface area contributed by atoms with Crippen LogP contribution in [0.5, 0.6) is 0 Å². The molecule has 0 spiro atoms. The highest BCUT2D eigenvalue weighted by Gasteiger charge is 2.32. The fourth-order valence-corrected chi connectivity index (χ4v) is 4.42. The Balaban J connectivity index is 1.62. The fraction of sp³-hybridized carbons (Fsp3) is 0.118. The van der Waals surface area contributed by atoms with Crippen LogP contribution in [0, 0.1) is 0 Å². The van der Waals surface area contributed by atoms with Gasteiger partial charge in [0.1, 0.15) is 5.01 Å². The van der Waals surface area contributed by atoms with E-state index in [0.717, 1.165) is 24.3 Å². The van der Waals surface area contributed by atoms with Gasteiger partial charge >= 0.3 is 12.4 Å². The Hall–Kier alpha value is -2.20. The zero-order valence-electron chi connectivity index (χ0n) is 13.1. The second-order valence-corrected chi connectivity index (χ2v) is 7.82. The summed E-state index contributed by atoms with van der Waals surface area (Å²) in [6, 6.07) is 6.74. The number of thiazole rings is 1. The predicted octanol–water partition coefficient (Wildman–Crippen LogP) is 6.85. The van der Waals surface area contributed by atoms with Crippen LogP contribution in [0.4, 0.5) is 32.0 Å². The summed E-state index contributed by atoms with van der Waals surface area (Å²) in [6.45, 7) is 0. The summed E-state index contributed by atoms with van der Waals surface area (Å²) in [7, 11) is 0. The van der Waals surface area contributed by atoms with Gasteiger partial charge in [0.25, 0.3) is 0 Å². The Labute approximate surface area is 156 Å². The molecule has 4 rings (SSSR count). The van der Waals surface area contributed by atoms with Crippen molar-refractivity contribution in [1.82, 2.24) is 4.98 Å². The number of hydrogen-bond acceptors (Lipinski definition) is 4. The molecule has 27 heavy (non-hydrogen) atoms. The van der Waals surface area contributed by atoms with Crippen LogP contribution in [-0.2, 0) is 12.4 Å². The van der Waals surface area contributed by atoms with Crippen LogP contribution in [0.2, 0.25) is 0 Å². The largest absolute Gasteiger partial charge is 0.416 e. The monoisotopic (exact) mass is 418 g/mol. The number of alkyl halides is 6. The number of rotatable bonds is 1. The van der Waals surface area contributed by atoms with E-state index in [9.17, 15) is 26.3 Å². The average Bonchev–Trinajstić information content (AvgIpc) is 3.14. The summed E-state index contributed by atoms with van der Waals surface area (Å²) in [6.07, 6.45) is -7.27. The SMILES string of the molecule is FC(F)(F)c1ccc2c(c1)N/C(=C/c1nc3cc(C(F)(F)F)ccc3s1)S2. The van der Waals surface area contributed by atoms with Gasteiger partial charge in [-0.05, 0) is 36.4 Å². The number of aromatic nitrogens is 1. The van der Waals surface area contributed by atoms with Crippen molar-refractivity contribution in [3.05, 3.63) is 57.6 Å². The van der Waals surface area contributed by atoms with Crippen molar-refractivity contribution in [1.29, 1.82) is 0 Å². The van der Waals surface area contributed by atoms with E-state index in [1.807, 2.05) is 0 Å². The molecule has 0 unspecified atom stereocenters. The van der Waals surface area contributed by atoms with Crippen LogP contribution in [0.15, 0.2) is 46.3 Å². The number of nitrogens with one attached hydrogen (secondary N) is 1. The number of anilines is 1. The molecule has 0 saturated carbocycles. The first-order valence-electron chi connectivity index (χ1n) is 7.45. The van der Waals surface area contributed by atoms with Crippen molar-refractivity contribution in [2.75, 3.05) is 5.32 Å². The van der Waals surface area contributed by atoms with Crippen LogP contribution in [0.3, 0.4) is 0 Å². The smallest absolute Gasteiger partial charge is 0.349 e. The summed E-state index contributed by atoms with van der Waals surface area (Å²) < 4.78 is 77.3. The van der Waals surface area contributed by atoms with Gasteiger partial charge in [0.05, 0.1) is 32.1 Å².